The van der Waals surface area contributed by atoms with E-state index in [0.717, 1.165) is 15.7 Å². The molecule has 0 unspecified atom stereocenters. The van der Waals surface area contributed by atoms with Crippen molar-refractivity contribution in [2.45, 2.75) is 9.79 Å². The molecule has 0 aliphatic rings. The van der Waals surface area contributed by atoms with Gasteiger partial charge in [0, 0.05) is 4.90 Å². The van der Waals surface area contributed by atoms with E-state index < -0.39 is 10.0 Å². The number of rotatable bonds is 7. The third kappa shape index (κ3) is 5.25. The van der Waals surface area contributed by atoms with Crippen LogP contribution in [0.25, 0.3) is 10.8 Å². The van der Waals surface area contributed by atoms with Crippen molar-refractivity contribution in [1.29, 1.82) is 0 Å². The molecule has 0 aliphatic carbocycles. The van der Waals surface area contributed by atoms with Gasteiger partial charge in [0.15, 0.2) is 0 Å². The Labute approximate surface area is 185 Å². The van der Waals surface area contributed by atoms with Crippen molar-refractivity contribution >= 4 is 49.8 Å². The fourth-order valence-electron chi connectivity index (χ4n) is 3.08. The fraction of sp³-hybridized carbons (Fsp3) is 0.0417. The van der Waals surface area contributed by atoms with Crippen LogP contribution in [0.1, 0.15) is 0 Å². The second-order valence-corrected chi connectivity index (χ2v) is 9.54. The molecule has 1 amide bonds. The zero-order valence-electron chi connectivity index (χ0n) is 16.5. The monoisotopic (exact) mass is 448 g/mol. The lowest BCUT2D eigenvalue weighted by Crippen LogP contribution is -2.18. The van der Waals surface area contributed by atoms with E-state index in [-0.39, 0.29) is 16.6 Å². The molecular formula is C24H20N2O3S2. The molecule has 2 N–H and O–H groups in total. The smallest absolute Gasteiger partial charge is 0.261 e. The minimum Gasteiger partial charge on any atom is -0.324 e. The van der Waals surface area contributed by atoms with Crippen molar-refractivity contribution in [3.8, 4) is 0 Å². The van der Waals surface area contributed by atoms with Crippen molar-refractivity contribution in [3.05, 3.63) is 97.1 Å². The Bertz CT molecular complexity index is 1320. The van der Waals surface area contributed by atoms with E-state index >= 15 is 0 Å². The third-order valence-corrected chi connectivity index (χ3v) is 6.97. The van der Waals surface area contributed by atoms with Crippen LogP contribution in [0, 0.1) is 0 Å². The number of fused-ring (bicyclic) bond motifs is 1. The molecule has 0 fully saturated rings. The van der Waals surface area contributed by atoms with E-state index in [1.165, 1.54) is 23.9 Å². The second kappa shape index (κ2) is 9.24. The van der Waals surface area contributed by atoms with Gasteiger partial charge < -0.3 is 5.32 Å². The van der Waals surface area contributed by atoms with Gasteiger partial charge in [0.2, 0.25) is 5.91 Å². The van der Waals surface area contributed by atoms with Gasteiger partial charge in [0.05, 0.1) is 22.0 Å². The molecule has 0 aromatic heterocycles. The van der Waals surface area contributed by atoms with Crippen molar-refractivity contribution in [2.24, 2.45) is 0 Å². The van der Waals surface area contributed by atoms with E-state index in [1.54, 1.807) is 42.5 Å². The van der Waals surface area contributed by atoms with E-state index in [9.17, 15) is 13.2 Å². The Kier molecular flexibility index (Phi) is 6.25. The first-order valence-corrected chi connectivity index (χ1v) is 12.1. The van der Waals surface area contributed by atoms with Gasteiger partial charge in [-0.05, 0) is 47.2 Å². The number of carbonyl (C=O) groups excluding carboxylic acids is 1. The summed E-state index contributed by atoms with van der Waals surface area (Å²) in [5.41, 5.74) is 0.724. The highest BCUT2D eigenvalue weighted by atomic mass is 32.2. The number of anilines is 2. The van der Waals surface area contributed by atoms with E-state index in [0.29, 0.717) is 11.4 Å². The van der Waals surface area contributed by atoms with Crippen LogP contribution < -0.4 is 10.0 Å². The molecule has 31 heavy (non-hydrogen) atoms. The maximum absolute atomic E-state index is 12.6. The summed E-state index contributed by atoms with van der Waals surface area (Å²) < 4.78 is 27.8. The minimum atomic E-state index is -3.75. The number of hydrogen-bond donors (Lipinski definition) is 2. The number of thioether (sulfide) groups is 1. The summed E-state index contributed by atoms with van der Waals surface area (Å²) in [6.07, 6.45) is 0. The molecule has 156 valence electrons. The predicted molar refractivity (Wildman–Crippen MR) is 127 cm³/mol. The Morgan fingerprint density at radius 1 is 0.742 bits per heavy atom. The van der Waals surface area contributed by atoms with Gasteiger partial charge in [0.1, 0.15) is 0 Å². The van der Waals surface area contributed by atoms with Gasteiger partial charge in [-0.25, -0.2) is 8.42 Å². The summed E-state index contributed by atoms with van der Waals surface area (Å²) in [5, 5.41) is 5.07. The lowest BCUT2D eigenvalue weighted by molar-refractivity contribution is -0.113. The molecule has 0 saturated heterocycles. The third-order valence-electron chi connectivity index (χ3n) is 4.59. The molecule has 0 bridgehead atoms. The first-order valence-electron chi connectivity index (χ1n) is 9.60. The zero-order valence-corrected chi connectivity index (χ0v) is 18.1. The highest BCUT2D eigenvalue weighted by Crippen LogP contribution is 2.26. The minimum absolute atomic E-state index is 0.156. The van der Waals surface area contributed by atoms with E-state index in [4.69, 9.17) is 0 Å². The topological polar surface area (TPSA) is 75.3 Å². The SMILES string of the molecule is O=C(CSc1ccc2ccccc2c1)Nc1ccccc1NS(=O)(=O)c1ccccc1. The van der Waals surface area contributed by atoms with Gasteiger partial charge in [-0.3, -0.25) is 9.52 Å². The number of hydrogen-bond acceptors (Lipinski definition) is 4. The number of amides is 1. The van der Waals surface area contributed by atoms with E-state index in [2.05, 4.69) is 16.1 Å². The van der Waals surface area contributed by atoms with Gasteiger partial charge in [-0.15, -0.1) is 11.8 Å². The zero-order chi connectivity index (χ0) is 21.7. The van der Waals surface area contributed by atoms with Crippen LogP contribution in [0.15, 0.2) is 107 Å². The van der Waals surface area contributed by atoms with Crippen LogP contribution in [0.4, 0.5) is 11.4 Å². The van der Waals surface area contributed by atoms with Gasteiger partial charge in [0.25, 0.3) is 10.0 Å². The molecule has 0 aliphatic heterocycles. The summed E-state index contributed by atoms with van der Waals surface area (Å²) in [6.45, 7) is 0. The normalized spacial score (nSPS) is 11.2. The Hall–Kier alpha value is -3.29. The Balaban J connectivity index is 1.43. The number of nitrogens with one attached hydrogen (secondary N) is 2. The van der Waals surface area contributed by atoms with E-state index in [1.807, 2.05) is 36.4 Å². The number of benzene rings is 4. The molecule has 0 heterocycles. The fourth-order valence-corrected chi connectivity index (χ4v) is 4.92. The molecule has 0 saturated carbocycles. The molecule has 4 rings (SSSR count). The lowest BCUT2D eigenvalue weighted by Gasteiger charge is -2.13. The number of carbonyl (C=O) groups is 1. The van der Waals surface area contributed by atoms with Gasteiger partial charge in [-0.1, -0.05) is 60.7 Å². The second-order valence-electron chi connectivity index (χ2n) is 6.81. The number of sulfonamides is 1. The Morgan fingerprint density at radius 3 is 2.16 bits per heavy atom. The van der Waals surface area contributed by atoms with Crippen LogP contribution in [0.3, 0.4) is 0 Å². The maximum Gasteiger partial charge on any atom is 0.261 e. The molecule has 5 nitrogen and oxygen atoms in total. The molecule has 0 spiro atoms. The first-order chi connectivity index (χ1) is 15.0. The summed E-state index contributed by atoms with van der Waals surface area (Å²) in [7, 11) is -3.75. The van der Waals surface area contributed by atoms with Crippen LogP contribution in [-0.4, -0.2) is 20.1 Å². The highest BCUT2D eigenvalue weighted by molar-refractivity contribution is 8.00. The van der Waals surface area contributed by atoms with Crippen LogP contribution in [0.5, 0.6) is 0 Å². The standard InChI is InChI=1S/C24H20N2O3S2/c27-24(17-30-20-15-14-18-8-4-5-9-19(18)16-20)25-22-12-6-7-13-23(22)26-31(28,29)21-10-2-1-3-11-21/h1-16,26H,17H2,(H,25,27). The summed E-state index contributed by atoms with van der Waals surface area (Å²) in [6, 6.07) is 29.0. The maximum atomic E-state index is 12.6. The predicted octanol–water partition coefficient (Wildman–Crippen LogP) is 5.37. The van der Waals surface area contributed by atoms with Gasteiger partial charge in [-0.2, -0.15) is 0 Å². The van der Waals surface area contributed by atoms with Crippen molar-refractivity contribution in [1.82, 2.24) is 0 Å². The summed E-state index contributed by atoms with van der Waals surface area (Å²) >= 11 is 1.43. The Morgan fingerprint density at radius 2 is 1.39 bits per heavy atom. The van der Waals surface area contributed by atoms with Crippen LogP contribution in [-0.2, 0) is 14.8 Å². The van der Waals surface area contributed by atoms with Crippen molar-refractivity contribution in [3.63, 3.8) is 0 Å². The van der Waals surface area contributed by atoms with Crippen molar-refractivity contribution in [2.75, 3.05) is 15.8 Å². The molecule has 0 radical (unpaired) electrons. The largest absolute Gasteiger partial charge is 0.324 e. The molecular weight excluding hydrogens is 428 g/mol. The molecule has 7 heteroatoms. The summed E-state index contributed by atoms with van der Waals surface area (Å²) in [4.78, 5) is 13.7. The first kappa shape index (κ1) is 21.0. The molecule has 0 atom stereocenters. The number of para-hydroxylation sites is 2. The highest BCUT2D eigenvalue weighted by Gasteiger charge is 2.16. The molecule has 4 aromatic carbocycles. The van der Waals surface area contributed by atoms with Gasteiger partial charge >= 0.3 is 0 Å². The average molecular weight is 449 g/mol. The lowest BCUT2D eigenvalue weighted by atomic mass is 10.1. The van der Waals surface area contributed by atoms with Crippen LogP contribution >= 0.6 is 11.8 Å². The summed E-state index contributed by atoms with van der Waals surface area (Å²) in [5.74, 6) is -0.0116. The average Bonchev–Trinajstić information content (AvgIpc) is 2.79. The van der Waals surface area contributed by atoms with Crippen LogP contribution in [0.2, 0.25) is 0 Å². The quantitative estimate of drug-likeness (QED) is 0.373. The van der Waals surface area contributed by atoms with Crippen molar-refractivity contribution < 1.29 is 13.2 Å². The molecule has 4 aromatic rings.